The summed E-state index contributed by atoms with van der Waals surface area (Å²) in [5.74, 6) is -1.43. The number of benzene rings is 2. The second kappa shape index (κ2) is 7.97. The highest BCUT2D eigenvalue weighted by atomic mass is 32.2. The number of rotatable bonds is 5. The minimum atomic E-state index is -3.75. The van der Waals surface area contributed by atoms with E-state index in [-0.39, 0.29) is 23.8 Å². The summed E-state index contributed by atoms with van der Waals surface area (Å²) in [4.78, 5) is 26.0. The maximum Gasteiger partial charge on any atom is 0.262 e. The van der Waals surface area contributed by atoms with Crippen LogP contribution < -0.4 is 15.0 Å². The lowest BCUT2D eigenvalue weighted by molar-refractivity contribution is -0.127. The summed E-state index contributed by atoms with van der Waals surface area (Å²) >= 11 is 0. The quantitative estimate of drug-likeness (QED) is 0.761. The van der Waals surface area contributed by atoms with E-state index in [1.54, 1.807) is 24.3 Å². The first-order chi connectivity index (χ1) is 13.3. The number of ether oxygens (including phenoxy) is 1. The second-order valence-electron chi connectivity index (χ2n) is 6.22. The number of carbonyl (C=O) groups is 2. The molecule has 0 saturated heterocycles. The number of fused-ring (bicyclic) bond motifs is 1. The van der Waals surface area contributed by atoms with Crippen molar-refractivity contribution in [3.05, 3.63) is 54.3 Å². The Balaban J connectivity index is 1.77. The number of nitrogens with zero attached hydrogens (tertiary/aromatic N) is 1. The molecule has 2 aromatic carbocycles. The van der Waals surface area contributed by atoms with Gasteiger partial charge in [0, 0.05) is 13.5 Å². The number of sulfone groups is 1. The highest BCUT2D eigenvalue weighted by Gasteiger charge is 2.33. The number of para-hydroxylation sites is 2. The van der Waals surface area contributed by atoms with Gasteiger partial charge < -0.3 is 15.0 Å². The van der Waals surface area contributed by atoms with Gasteiger partial charge in [0.05, 0.1) is 22.9 Å². The van der Waals surface area contributed by atoms with E-state index < -0.39 is 33.4 Å². The van der Waals surface area contributed by atoms with Crippen molar-refractivity contribution in [1.29, 1.82) is 0 Å². The van der Waals surface area contributed by atoms with Gasteiger partial charge in [0.15, 0.2) is 15.9 Å². The topological polar surface area (TPSA) is 92.8 Å². The van der Waals surface area contributed by atoms with Crippen molar-refractivity contribution in [2.24, 2.45) is 0 Å². The van der Waals surface area contributed by atoms with Gasteiger partial charge in [-0.1, -0.05) is 12.1 Å². The van der Waals surface area contributed by atoms with Crippen molar-refractivity contribution in [3.8, 4) is 5.75 Å². The number of nitrogens with one attached hydrogen (secondary N) is 1. The normalized spacial score (nSPS) is 16.1. The Kier molecular flexibility index (Phi) is 5.64. The molecule has 0 aromatic heterocycles. The van der Waals surface area contributed by atoms with Gasteiger partial charge in [0.2, 0.25) is 5.91 Å². The van der Waals surface area contributed by atoms with Crippen LogP contribution in [0.4, 0.5) is 10.1 Å². The fourth-order valence-corrected chi connectivity index (χ4v) is 4.11. The summed E-state index contributed by atoms with van der Waals surface area (Å²) in [6.45, 7) is -0.0217. The Morgan fingerprint density at radius 1 is 1.18 bits per heavy atom. The molecule has 1 heterocycles. The molecular formula is C19H19FN2O5S. The fourth-order valence-electron chi connectivity index (χ4n) is 2.88. The van der Waals surface area contributed by atoms with E-state index >= 15 is 0 Å². The Morgan fingerprint density at radius 2 is 1.86 bits per heavy atom. The van der Waals surface area contributed by atoms with Gasteiger partial charge in [-0.15, -0.1) is 0 Å². The van der Waals surface area contributed by atoms with E-state index in [0.717, 1.165) is 12.1 Å². The molecule has 9 heteroatoms. The number of halogens is 1. The summed E-state index contributed by atoms with van der Waals surface area (Å²) in [7, 11) is -2.28. The second-order valence-corrected chi connectivity index (χ2v) is 8.32. The number of anilines is 1. The zero-order valence-electron chi connectivity index (χ0n) is 15.1. The van der Waals surface area contributed by atoms with Gasteiger partial charge in [-0.25, -0.2) is 12.8 Å². The molecule has 1 aliphatic rings. The standard InChI is InChI=1S/C19H19FN2O5S/c1-21-19(24)17-12-22(15-4-2-3-5-16(15)27-17)18(23)10-11-28(25,26)14-8-6-13(20)7-9-14/h2-9,17H,10-12H2,1H3,(H,21,24)/t17-/m0/s1. The molecule has 2 amide bonds. The maximum absolute atomic E-state index is 13.0. The number of hydrogen-bond acceptors (Lipinski definition) is 5. The molecule has 0 radical (unpaired) electrons. The first-order valence-electron chi connectivity index (χ1n) is 8.58. The lowest BCUT2D eigenvalue weighted by Gasteiger charge is -2.34. The van der Waals surface area contributed by atoms with Crippen LogP contribution >= 0.6 is 0 Å². The number of hydrogen-bond donors (Lipinski definition) is 1. The van der Waals surface area contributed by atoms with Crippen molar-refractivity contribution < 1.29 is 27.1 Å². The molecule has 0 unspecified atom stereocenters. The predicted octanol–water partition coefficient (Wildman–Crippen LogP) is 1.53. The van der Waals surface area contributed by atoms with Crippen LogP contribution in [0.15, 0.2) is 53.4 Å². The molecule has 7 nitrogen and oxygen atoms in total. The molecule has 1 atom stereocenters. The summed E-state index contributed by atoms with van der Waals surface area (Å²) in [6, 6.07) is 11.2. The van der Waals surface area contributed by atoms with E-state index in [9.17, 15) is 22.4 Å². The lowest BCUT2D eigenvalue weighted by atomic mass is 10.1. The number of likely N-dealkylation sites (N-methyl/N-ethyl adjacent to an activating group) is 1. The molecule has 1 aliphatic heterocycles. The van der Waals surface area contributed by atoms with Gasteiger partial charge in [0.25, 0.3) is 5.91 Å². The molecule has 0 aliphatic carbocycles. The van der Waals surface area contributed by atoms with Crippen LogP contribution in [0, 0.1) is 5.82 Å². The SMILES string of the molecule is CNC(=O)[C@@H]1CN(C(=O)CCS(=O)(=O)c2ccc(F)cc2)c2ccccc2O1. The first-order valence-corrected chi connectivity index (χ1v) is 10.2. The molecule has 0 fully saturated rings. The Morgan fingerprint density at radius 3 is 2.54 bits per heavy atom. The fraction of sp³-hybridized carbons (Fsp3) is 0.263. The average Bonchev–Trinajstić information content (AvgIpc) is 2.71. The van der Waals surface area contributed by atoms with Crippen molar-refractivity contribution in [3.63, 3.8) is 0 Å². The van der Waals surface area contributed by atoms with E-state index in [4.69, 9.17) is 4.74 Å². The van der Waals surface area contributed by atoms with E-state index in [0.29, 0.717) is 11.4 Å². The Bertz CT molecular complexity index is 992. The smallest absolute Gasteiger partial charge is 0.262 e. The third-order valence-corrected chi connectivity index (χ3v) is 6.10. The molecule has 3 rings (SSSR count). The molecule has 28 heavy (non-hydrogen) atoms. The summed E-state index contributed by atoms with van der Waals surface area (Å²) < 4.78 is 43.5. The minimum Gasteiger partial charge on any atom is -0.477 e. The van der Waals surface area contributed by atoms with E-state index in [1.807, 2.05) is 0 Å². The van der Waals surface area contributed by atoms with Gasteiger partial charge in [-0.05, 0) is 36.4 Å². The van der Waals surface area contributed by atoms with Crippen LogP contribution in [-0.2, 0) is 19.4 Å². The zero-order chi connectivity index (χ0) is 20.3. The van der Waals surface area contributed by atoms with Gasteiger partial charge >= 0.3 is 0 Å². The van der Waals surface area contributed by atoms with Gasteiger partial charge in [-0.3, -0.25) is 9.59 Å². The summed E-state index contributed by atoms with van der Waals surface area (Å²) in [5.41, 5.74) is 0.479. The molecule has 148 valence electrons. The Labute approximate surface area is 162 Å². The van der Waals surface area contributed by atoms with Crippen molar-refractivity contribution >= 4 is 27.3 Å². The maximum atomic E-state index is 13.0. The van der Waals surface area contributed by atoms with Crippen LogP contribution in [0.1, 0.15) is 6.42 Å². The molecule has 1 N–H and O–H groups in total. The van der Waals surface area contributed by atoms with Crippen LogP contribution in [-0.4, -0.2) is 45.7 Å². The first kappa shape index (κ1) is 19.8. The number of carbonyl (C=O) groups excluding carboxylic acids is 2. The summed E-state index contributed by atoms with van der Waals surface area (Å²) in [6.07, 6.45) is -1.17. The number of amides is 2. The molecule has 2 aromatic rings. The minimum absolute atomic E-state index is 0.0217. The highest BCUT2D eigenvalue weighted by molar-refractivity contribution is 7.91. The zero-order valence-corrected chi connectivity index (χ0v) is 15.9. The van der Waals surface area contributed by atoms with E-state index in [2.05, 4.69) is 5.32 Å². The van der Waals surface area contributed by atoms with Crippen LogP contribution in [0.2, 0.25) is 0 Å². The van der Waals surface area contributed by atoms with Crippen molar-refractivity contribution in [2.45, 2.75) is 17.4 Å². The van der Waals surface area contributed by atoms with Gasteiger partial charge in [-0.2, -0.15) is 0 Å². The van der Waals surface area contributed by atoms with E-state index in [1.165, 1.54) is 24.1 Å². The van der Waals surface area contributed by atoms with Crippen molar-refractivity contribution in [1.82, 2.24) is 5.32 Å². The Hall–Kier alpha value is -2.94. The van der Waals surface area contributed by atoms with Crippen LogP contribution in [0.25, 0.3) is 0 Å². The van der Waals surface area contributed by atoms with Crippen molar-refractivity contribution in [2.75, 3.05) is 24.2 Å². The van der Waals surface area contributed by atoms with Crippen LogP contribution in [0.5, 0.6) is 5.75 Å². The third kappa shape index (κ3) is 4.14. The predicted molar refractivity (Wildman–Crippen MR) is 100 cm³/mol. The molecular weight excluding hydrogens is 387 g/mol. The third-order valence-electron chi connectivity index (χ3n) is 4.37. The van der Waals surface area contributed by atoms with Gasteiger partial charge in [0.1, 0.15) is 11.6 Å². The molecule has 0 saturated carbocycles. The largest absolute Gasteiger partial charge is 0.477 e. The average molecular weight is 406 g/mol. The molecule has 0 bridgehead atoms. The monoisotopic (exact) mass is 406 g/mol. The molecule has 0 spiro atoms. The van der Waals surface area contributed by atoms with Crippen LogP contribution in [0.3, 0.4) is 0 Å². The summed E-state index contributed by atoms with van der Waals surface area (Å²) in [5, 5.41) is 2.48. The highest BCUT2D eigenvalue weighted by Crippen LogP contribution is 2.33. The lowest BCUT2D eigenvalue weighted by Crippen LogP contribution is -2.50.